The highest BCUT2D eigenvalue weighted by Gasteiger charge is 2.20. The molecule has 3 heteroatoms. The van der Waals surface area contributed by atoms with Crippen molar-refractivity contribution in [3.8, 4) is 0 Å². The molecule has 1 saturated carbocycles. The SMILES string of the molecule is CC1CCCCC1NCCN1CCNCC1. The molecule has 0 aromatic carbocycles. The van der Waals surface area contributed by atoms with E-state index in [0.29, 0.717) is 0 Å². The van der Waals surface area contributed by atoms with Crippen LogP contribution in [0.3, 0.4) is 0 Å². The molecule has 2 aliphatic rings. The molecule has 2 unspecified atom stereocenters. The molecule has 2 fully saturated rings. The fraction of sp³-hybridized carbons (Fsp3) is 1.00. The van der Waals surface area contributed by atoms with Gasteiger partial charge in [-0.25, -0.2) is 0 Å². The first-order chi connectivity index (χ1) is 7.86. The second-order valence-corrected chi connectivity index (χ2v) is 5.41. The van der Waals surface area contributed by atoms with E-state index in [4.69, 9.17) is 0 Å². The van der Waals surface area contributed by atoms with Crippen LogP contribution in [0.15, 0.2) is 0 Å². The first kappa shape index (κ1) is 12.3. The molecular weight excluding hydrogens is 198 g/mol. The van der Waals surface area contributed by atoms with Gasteiger partial charge in [0.25, 0.3) is 0 Å². The van der Waals surface area contributed by atoms with E-state index in [1.165, 1.54) is 65.0 Å². The van der Waals surface area contributed by atoms with Crippen molar-refractivity contribution in [1.82, 2.24) is 15.5 Å². The first-order valence-corrected chi connectivity index (χ1v) is 7.03. The largest absolute Gasteiger partial charge is 0.314 e. The Bertz CT molecular complexity index is 190. The van der Waals surface area contributed by atoms with Crippen molar-refractivity contribution in [2.75, 3.05) is 39.3 Å². The van der Waals surface area contributed by atoms with E-state index in [1.54, 1.807) is 0 Å². The Morgan fingerprint density at radius 1 is 1.19 bits per heavy atom. The highest BCUT2D eigenvalue weighted by atomic mass is 15.2. The summed E-state index contributed by atoms with van der Waals surface area (Å²) in [6.45, 7) is 9.59. The molecule has 2 atom stereocenters. The molecule has 16 heavy (non-hydrogen) atoms. The van der Waals surface area contributed by atoms with Gasteiger partial charge in [0.05, 0.1) is 0 Å². The van der Waals surface area contributed by atoms with Gasteiger partial charge in [0.2, 0.25) is 0 Å². The lowest BCUT2D eigenvalue weighted by Gasteiger charge is -2.32. The van der Waals surface area contributed by atoms with Crippen molar-refractivity contribution in [1.29, 1.82) is 0 Å². The van der Waals surface area contributed by atoms with E-state index in [-0.39, 0.29) is 0 Å². The number of nitrogens with one attached hydrogen (secondary N) is 2. The molecule has 0 aromatic heterocycles. The summed E-state index contributed by atoms with van der Waals surface area (Å²) in [6.07, 6.45) is 5.68. The fourth-order valence-electron chi connectivity index (χ4n) is 2.96. The number of hydrogen-bond acceptors (Lipinski definition) is 3. The van der Waals surface area contributed by atoms with Gasteiger partial charge in [0.1, 0.15) is 0 Å². The van der Waals surface area contributed by atoms with Crippen molar-refractivity contribution in [3.63, 3.8) is 0 Å². The lowest BCUT2D eigenvalue weighted by molar-refractivity contribution is 0.222. The van der Waals surface area contributed by atoms with Crippen LogP contribution in [0, 0.1) is 5.92 Å². The molecule has 94 valence electrons. The average Bonchev–Trinajstić information content (AvgIpc) is 2.33. The van der Waals surface area contributed by atoms with Gasteiger partial charge in [-0.1, -0.05) is 19.8 Å². The third-order valence-electron chi connectivity index (χ3n) is 4.16. The Labute approximate surface area is 100.0 Å². The minimum Gasteiger partial charge on any atom is -0.314 e. The van der Waals surface area contributed by atoms with Gasteiger partial charge in [0, 0.05) is 45.3 Å². The summed E-state index contributed by atoms with van der Waals surface area (Å²) in [4.78, 5) is 2.57. The van der Waals surface area contributed by atoms with Gasteiger partial charge in [-0.3, -0.25) is 4.90 Å². The molecular formula is C13H27N3. The van der Waals surface area contributed by atoms with Crippen LogP contribution in [0.5, 0.6) is 0 Å². The number of nitrogens with zero attached hydrogens (tertiary/aromatic N) is 1. The highest BCUT2D eigenvalue weighted by Crippen LogP contribution is 2.23. The molecule has 1 aliphatic carbocycles. The zero-order valence-electron chi connectivity index (χ0n) is 10.7. The maximum atomic E-state index is 3.76. The van der Waals surface area contributed by atoms with E-state index in [1.807, 2.05) is 0 Å². The van der Waals surface area contributed by atoms with Gasteiger partial charge in [-0.2, -0.15) is 0 Å². The molecule has 0 amide bonds. The molecule has 3 nitrogen and oxygen atoms in total. The Kier molecular flexibility index (Phi) is 5.07. The van der Waals surface area contributed by atoms with E-state index < -0.39 is 0 Å². The van der Waals surface area contributed by atoms with E-state index in [9.17, 15) is 0 Å². The smallest absolute Gasteiger partial charge is 0.0108 e. The fourth-order valence-corrected chi connectivity index (χ4v) is 2.96. The first-order valence-electron chi connectivity index (χ1n) is 7.03. The summed E-state index contributed by atoms with van der Waals surface area (Å²) in [7, 11) is 0. The van der Waals surface area contributed by atoms with E-state index >= 15 is 0 Å². The summed E-state index contributed by atoms with van der Waals surface area (Å²) in [6, 6.07) is 0.789. The Morgan fingerprint density at radius 2 is 1.94 bits per heavy atom. The Morgan fingerprint density at radius 3 is 2.69 bits per heavy atom. The summed E-state index contributed by atoms with van der Waals surface area (Å²) in [5.74, 6) is 0.886. The zero-order valence-corrected chi connectivity index (χ0v) is 10.7. The third-order valence-corrected chi connectivity index (χ3v) is 4.16. The lowest BCUT2D eigenvalue weighted by atomic mass is 9.86. The predicted molar refractivity (Wildman–Crippen MR) is 68.7 cm³/mol. The predicted octanol–water partition coefficient (Wildman–Crippen LogP) is 1.06. The molecule has 0 radical (unpaired) electrons. The summed E-state index contributed by atoms with van der Waals surface area (Å²) in [5, 5.41) is 7.16. The van der Waals surface area contributed by atoms with Crippen LogP contribution in [0.2, 0.25) is 0 Å². The number of hydrogen-bond donors (Lipinski definition) is 2. The van der Waals surface area contributed by atoms with Gasteiger partial charge in [-0.15, -0.1) is 0 Å². The van der Waals surface area contributed by atoms with E-state index in [0.717, 1.165) is 12.0 Å². The topological polar surface area (TPSA) is 27.3 Å². The van der Waals surface area contributed by atoms with Crippen LogP contribution in [0.25, 0.3) is 0 Å². The second kappa shape index (κ2) is 6.58. The molecule has 1 saturated heterocycles. The van der Waals surface area contributed by atoms with Crippen molar-refractivity contribution >= 4 is 0 Å². The number of rotatable bonds is 4. The van der Waals surface area contributed by atoms with Crippen LogP contribution in [-0.4, -0.2) is 50.2 Å². The van der Waals surface area contributed by atoms with Gasteiger partial charge in [-0.05, 0) is 18.8 Å². The molecule has 2 N–H and O–H groups in total. The normalized spacial score (nSPS) is 32.8. The van der Waals surface area contributed by atoms with Crippen molar-refractivity contribution in [3.05, 3.63) is 0 Å². The summed E-state index contributed by atoms with van der Waals surface area (Å²) >= 11 is 0. The minimum atomic E-state index is 0.789. The van der Waals surface area contributed by atoms with E-state index in [2.05, 4.69) is 22.5 Å². The Balaban J connectivity index is 1.59. The van der Waals surface area contributed by atoms with Crippen LogP contribution in [0.4, 0.5) is 0 Å². The van der Waals surface area contributed by atoms with Crippen LogP contribution >= 0.6 is 0 Å². The standard InChI is InChI=1S/C13H27N3/c1-12-4-2-3-5-13(12)15-8-11-16-9-6-14-7-10-16/h12-15H,2-11H2,1H3. The monoisotopic (exact) mass is 225 g/mol. The zero-order chi connectivity index (χ0) is 11.2. The molecule has 2 rings (SSSR count). The van der Waals surface area contributed by atoms with Crippen LogP contribution in [0.1, 0.15) is 32.6 Å². The summed E-state index contributed by atoms with van der Waals surface area (Å²) in [5.41, 5.74) is 0. The molecule has 0 spiro atoms. The quantitative estimate of drug-likeness (QED) is 0.749. The minimum absolute atomic E-state index is 0.789. The molecule has 0 bridgehead atoms. The van der Waals surface area contributed by atoms with Gasteiger partial charge >= 0.3 is 0 Å². The van der Waals surface area contributed by atoms with Gasteiger partial charge in [0.15, 0.2) is 0 Å². The Hall–Kier alpha value is -0.120. The van der Waals surface area contributed by atoms with Crippen LogP contribution < -0.4 is 10.6 Å². The highest BCUT2D eigenvalue weighted by molar-refractivity contribution is 4.78. The second-order valence-electron chi connectivity index (χ2n) is 5.41. The van der Waals surface area contributed by atoms with Crippen molar-refractivity contribution in [2.24, 2.45) is 5.92 Å². The van der Waals surface area contributed by atoms with Gasteiger partial charge < -0.3 is 10.6 Å². The summed E-state index contributed by atoms with van der Waals surface area (Å²) < 4.78 is 0. The maximum Gasteiger partial charge on any atom is 0.0108 e. The molecule has 1 heterocycles. The number of piperazine rings is 1. The average molecular weight is 225 g/mol. The van der Waals surface area contributed by atoms with Crippen LogP contribution in [-0.2, 0) is 0 Å². The lowest BCUT2D eigenvalue weighted by Crippen LogP contribution is -2.47. The molecule has 1 aliphatic heterocycles. The van der Waals surface area contributed by atoms with Crippen molar-refractivity contribution < 1.29 is 0 Å². The third kappa shape index (κ3) is 3.72. The molecule has 0 aromatic rings. The van der Waals surface area contributed by atoms with Crippen molar-refractivity contribution in [2.45, 2.75) is 38.6 Å². The maximum absolute atomic E-state index is 3.76.